The molecule has 126 valence electrons. The number of fused-ring (bicyclic) bond motifs is 1. The van der Waals surface area contributed by atoms with Crippen molar-refractivity contribution in [3.8, 4) is 0 Å². The lowest BCUT2D eigenvalue weighted by atomic mass is 9.86. The topological polar surface area (TPSA) is 64.8 Å². The molecule has 0 saturated carbocycles. The van der Waals surface area contributed by atoms with Gasteiger partial charge in [-0.05, 0) is 38.5 Å². The summed E-state index contributed by atoms with van der Waals surface area (Å²) >= 11 is 0. The van der Waals surface area contributed by atoms with Crippen molar-refractivity contribution < 1.29 is 18.8 Å². The standard InChI is InChI=1S/C17H24N2O4/c1-21-14-7-9-19(11-17(14)8-4-10-22-17)16(20)15-12-5-2-3-6-13(12)23-18-15/h14H,2-11H2,1H3/t14-,17-/m0/s1. The highest BCUT2D eigenvalue weighted by Crippen LogP contribution is 2.37. The van der Waals surface area contributed by atoms with Crippen molar-refractivity contribution in [3.05, 3.63) is 17.0 Å². The van der Waals surface area contributed by atoms with Crippen LogP contribution in [0.2, 0.25) is 0 Å². The van der Waals surface area contributed by atoms with Crippen molar-refractivity contribution in [2.45, 2.75) is 56.7 Å². The van der Waals surface area contributed by atoms with E-state index in [1.54, 1.807) is 7.11 Å². The zero-order valence-corrected chi connectivity index (χ0v) is 13.7. The molecule has 1 aromatic heterocycles. The van der Waals surface area contributed by atoms with E-state index in [9.17, 15) is 4.79 Å². The van der Waals surface area contributed by atoms with E-state index < -0.39 is 0 Å². The van der Waals surface area contributed by atoms with Crippen LogP contribution in [-0.2, 0) is 22.3 Å². The van der Waals surface area contributed by atoms with Gasteiger partial charge >= 0.3 is 0 Å². The van der Waals surface area contributed by atoms with Crippen molar-refractivity contribution in [2.24, 2.45) is 0 Å². The molecule has 3 aliphatic rings. The summed E-state index contributed by atoms with van der Waals surface area (Å²) in [6, 6.07) is 0. The third kappa shape index (κ3) is 2.48. The van der Waals surface area contributed by atoms with Gasteiger partial charge in [0.25, 0.3) is 5.91 Å². The zero-order valence-electron chi connectivity index (χ0n) is 13.7. The van der Waals surface area contributed by atoms with Gasteiger partial charge in [-0.2, -0.15) is 0 Å². The Morgan fingerprint density at radius 1 is 1.35 bits per heavy atom. The second kappa shape index (κ2) is 5.91. The molecule has 3 heterocycles. The molecule has 2 fully saturated rings. The molecule has 6 heteroatoms. The fraction of sp³-hybridized carbons (Fsp3) is 0.765. The van der Waals surface area contributed by atoms with Gasteiger partial charge in [0.2, 0.25) is 0 Å². The quantitative estimate of drug-likeness (QED) is 0.833. The van der Waals surface area contributed by atoms with Gasteiger partial charge in [-0.25, -0.2) is 0 Å². The number of piperidine rings is 1. The Kier molecular flexibility index (Phi) is 3.89. The molecule has 0 bridgehead atoms. The van der Waals surface area contributed by atoms with Gasteiger partial charge in [0.15, 0.2) is 5.69 Å². The molecule has 0 unspecified atom stereocenters. The molecule has 0 aromatic carbocycles. The SMILES string of the molecule is CO[C@H]1CCN(C(=O)c2noc3c2CCCC3)C[C@@]12CCCO2. The monoisotopic (exact) mass is 320 g/mol. The molecule has 6 nitrogen and oxygen atoms in total. The highest BCUT2D eigenvalue weighted by molar-refractivity contribution is 5.94. The second-order valence-electron chi connectivity index (χ2n) is 6.90. The van der Waals surface area contributed by atoms with E-state index in [0.717, 1.165) is 62.9 Å². The summed E-state index contributed by atoms with van der Waals surface area (Å²) in [5, 5.41) is 4.09. The van der Waals surface area contributed by atoms with Crippen molar-refractivity contribution in [1.29, 1.82) is 0 Å². The van der Waals surface area contributed by atoms with Crippen LogP contribution in [-0.4, -0.2) is 54.5 Å². The number of aromatic nitrogens is 1. The van der Waals surface area contributed by atoms with Crippen molar-refractivity contribution >= 4 is 5.91 Å². The van der Waals surface area contributed by atoms with E-state index in [4.69, 9.17) is 14.0 Å². The molecule has 4 rings (SSSR count). The van der Waals surface area contributed by atoms with E-state index in [2.05, 4.69) is 5.16 Å². The number of hydrogen-bond donors (Lipinski definition) is 0. The number of methoxy groups -OCH3 is 1. The number of amides is 1. The molecule has 1 spiro atoms. The molecule has 1 aliphatic carbocycles. The lowest BCUT2D eigenvalue weighted by Gasteiger charge is -2.44. The number of carbonyl (C=O) groups is 1. The number of hydrogen-bond acceptors (Lipinski definition) is 5. The second-order valence-corrected chi connectivity index (χ2v) is 6.90. The van der Waals surface area contributed by atoms with Crippen LogP contribution in [0.25, 0.3) is 0 Å². The van der Waals surface area contributed by atoms with Crippen molar-refractivity contribution in [3.63, 3.8) is 0 Å². The predicted molar refractivity (Wildman–Crippen MR) is 82.4 cm³/mol. The van der Waals surface area contributed by atoms with Crippen LogP contribution >= 0.6 is 0 Å². The molecule has 1 aromatic rings. The minimum atomic E-state index is -0.341. The average molecular weight is 320 g/mol. The van der Waals surface area contributed by atoms with Crippen LogP contribution in [0.3, 0.4) is 0 Å². The molecular weight excluding hydrogens is 296 g/mol. The van der Waals surface area contributed by atoms with Gasteiger partial charge in [0.05, 0.1) is 12.6 Å². The fourth-order valence-corrected chi connectivity index (χ4v) is 4.35. The first-order chi connectivity index (χ1) is 11.2. The summed E-state index contributed by atoms with van der Waals surface area (Å²) in [6.07, 6.45) is 6.87. The molecule has 0 radical (unpaired) electrons. The number of ether oxygens (including phenoxy) is 2. The maximum Gasteiger partial charge on any atom is 0.276 e. The Balaban J connectivity index is 1.56. The van der Waals surface area contributed by atoms with E-state index in [-0.39, 0.29) is 17.6 Å². The molecule has 2 atom stereocenters. The number of nitrogens with zero attached hydrogens (tertiary/aromatic N) is 2. The van der Waals surface area contributed by atoms with E-state index >= 15 is 0 Å². The molecule has 1 amide bonds. The molecule has 2 saturated heterocycles. The van der Waals surface area contributed by atoms with Crippen LogP contribution in [0.1, 0.15) is 53.9 Å². The highest BCUT2D eigenvalue weighted by atomic mass is 16.6. The first-order valence-electron chi connectivity index (χ1n) is 8.67. The minimum absolute atomic E-state index is 0.0127. The first kappa shape index (κ1) is 15.1. The Morgan fingerprint density at radius 2 is 2.22 bits per heavy atom. The van der Waals surface area contributed by atoms with Crippen LogP contribution in [0.4, 0.5) is 0 Å². The number of aryl methyl sites for hydroxylation is 1. The Bertz CT molecular complexity index is 591. The summed E-state index contributed by atoms with van der Waals surface area (Å²) in [7, 11) is 1.74. The lowest BCUT2D eigenvalue weighted by Crippen LogP contribution is -2.58. The van der Waals surface area contributed by atoms with Crippen LogP contribution in [0, 0.1) is 0 Å². The van der Waals surface area contributed by atoms with E-state index in [0.29, 0.717) is 18.8 Å². The van der Waals surface area contributed by atoms with Crippen molar-refractivity contribution in [1.82, 2.24) is 10.1 Å². The summed E-state index contributed by atoms with van der Waals surface area (Å²) in [4.78, 5) is 14.9. The third-order valence-corrected chi connectivity index (χ3v) is 5.56. The minimum Gasteiger partial charge on any atom is -0.378 e. The summed E-state index contributed by atoms with van der Waals surface area (Å²) in [6.45, 7) is 2.03. The Hall–Kier alpha value is -1.40. The van der Waals surface area contributed by atoms with Gasteiger partial charge < -0.3 is 18.9 Å². The summed E-state index contributed by atoms with van der Waals surface area (Å²) in [5.41, 5.74) is 1.20. The molecular formula is C17H24N2O4. The maximum atomic E-state index is 13.0. The average Bonchev–Trinajstić information content (AvgIpc) is 3.21. The van der Waals surface area contributed by atoms with Crippen LogP contribution in [0.5, 0.6) is 0 Å². The molecule has 23 heavy (non-hydrogen) atoms. The number of likely N-dealkylation sites (tertiary alicyclic amines) is 1. The summed E-state index contributed by atoms with van der Waals surface area (Å²) in [5.74, 6) is 0.888. The maximum absolute atomic E-state index is 13.0. The third-order valence-electron chi connectivity index (χ3n) is 5.56. The summed E-state index contributed by atoms with van der Waals surface area (Å²) < 4.78 is 17.1. The first-order valence-corrected chi connectivity index (χ1v) is 8.67. The van der Waals surface area contributed by atoms with Gasteiger partial charge in [0, 0.05) is 32.2 Å². The Morgan fingerprint density at radius 3 is 3.00 bits per heavy atom. The van der Waals surface area contributed by atoms with E-state index in [1.165, 1.54) is 0 Å². The van der Waals surface area contributed by atoms with Crippen LogP contribution < -0.4 is 0 Å². The van der Waals surface area contributed by atoms with E-state index in [1.807, 2.05) is 4.90 Å². The Labute approximate surface area is 136 Å². The van der Waals surface area contributed by atoms with Crippen molar-refractivity contribution in [2.75, 3.05) is 26.8 Å². The van der Waals surface area contributed by atoms with Gasteiger partial charge in [-0.3, -0.25) is 4.79 Å². The zero-order chi connectivity index (χ0) is 15.9. The van der Waals surface area contributed by atoms with Crippen LogP contribution in [0.15, 0.2) is 4.52 Å². The number of carbonyl (C=O) groups excluding carboxylic acids is 1. The lowest BCUT2D eigenvalue weighted by molar-refractivity contribution is -0.137. The van der Waals surface area contributed by atoms with Gasteiger partial charge in [0.1, 0.15) is 11.4 Å². The number of rotatable bonds is 2. The largest absolute Gasteiger partial charge is 0.378 e. The fourth-order valence-electron chi connectivity index (χ4n) is 4.35. The molecule has 0 N–H and O–H groups in total. The van der Waals surface area contributed by atoms with Gasteiger partial charge in [-0.15, -0.1) is 0 Å². The normalized spacial score (nSPS) is 30.7. The smallest absolute Gasteiger partial charge is 0.276 e. The molecule has 2 aliphatic heterocycles. The predicted octanol–water partition coefficient (Wildman–Crippen LogP) is 1.96. The van der Waals surface area contributed by atoms with Gasteiger partial charge in [-0.1, -0.05) is 5.16 Å². The highest BCUT2D eigenvalue weighted by Gasteiger charge is 2.48.